The summed E-state index contributed by atoms with van der Waals surface area (Å²) in [4.78, 5) is 0. The summed E-state index contributed by atoms with van der Waals surface area (Å²) in [5, 5.41) is 9.29. The average Bonchev–Trinajstić information content (AvgIpc) is 2.49. The SMILES string of the molecule is C[C@@H]1CC2CC1C(F)(F)C2(O)C(F)(F)F. The van der Waals surface area contributed by atoms with Gasteiger partial charge in [-0.3, -0.25) is 0 Å². The molecule has 1 nitrogen and oxygen atoms in total. The van der Waals surface area contributed by atoms with Crippen LogP contribution in [0.15, 0.2) is 0 Å². The summed E-state index contributed by atoms with van der Waals surface area (Å²) in [5.74, 6) is -7.19. The smallest absolute Gasteiger partial charge is 0.376 e. The van der Waals surface area contributed by atoms with Crippen molar-refractivity contribution >= 4 is 0 Å². The maximum atomic E-state index is 13.5. The first-order valence-corrected chi connectivity index (χ1v) is 4.79. The summed E-state index contributed by atoms with van der Waals surface area (Å²) >= 11 is 0. The van der Waals surface area contributed by atoms with Gasteiger partial charge in [0.25, 0.3) is 5.92 Å². The number of alkyl halides is 5. The third kappa shape index (κ3) is 1.06. The molecule has 2 saturated carbocycles. The first kappa shape index (κ1) is 11.1. The third-order valence-electron chi connectivity index (χ3n) is 3.88. The molecular weight excluding hydrogens is 219 g/mol. The van der Waals surface area contributed by atoms with Crippen molar-refractivity contribution in [1.29, 1.82) is 0 Å². The largest absolute Gasteiger partial charge is 0.423 e. The fraction of sp³-hybridized carbons (Fsp3) is 1.00. The third-order valence-corrected chi connectivity index (χ3v) is 3.88. The van der Waals surface area contributed by atoms with Crippen molar-refractivity contribution in [3.63, 3.8) is 0 Å². The Bertz CT molecular complexity index is 287. The number of hydrogen-bond donors (Lipinski definition) is 1. The molecule has 6 heteroatoms. The van der Waals surface area contributed by atoms with Crippen LogP contribution in [0.5, 0.6) is 0 Å². The molecule has 3 unspecified atom stereocenters. The van der Waals surface area contributed by atoms with E-state index in [9.17, 15) is 27.1 Å². The summed E-state index contributed by atoms with van der Waals surface area (Å²) in [6.45, 7) is 1.51. The van der Waals surface area contributed by atoms with E-state index in [-0.39, 0.29) is 12.8 Å². The van der Waals surface area contributed by atoms with Gasteiger partial charge in [0.1, 0.15) is 0 Å². The molecule has 0 aromatic carbocycles. The molecule has 15 heavy (non-hydrogen) atoms. The highest BCUT2D eigenvalue weighted by Crippen LogP contribution is 2.65. The van der Waals surface area contributed by atoms with E-state index in [1.807, 2.05) is 0 Å². The van der Waals surface area contributed by atoms with Gasteiger partial charge in [-0.1, -0.05) is 6.92 Å². The Balaban J connectivity index is 2.45. The highest BCUT2D eigenvalue weighted by atomic mass is 19.4. The molecule has 0 heterocycles. The van der Waals surface area contributed by atoms with Crippen molar-refractivity contribution in [2.24, 2.45) is 17.8 Å². The van der Waals surface area contributed by atoms with Crippen LogP contribution < -0.4 is 0 Å². The van der Waals surface area contributed by atoms with E-state index in [0.717, 1.165) is 0 Å². The van der Waals surface area contributed by atoms with Crippen LogP contribution in [-0.2, 0) is 0 Å². The Hall–Kier alpha value is -0.390. The second-order valence-electron chi connectivity index (χ2n) is 4.64. The number of aliphatic hydroxyl groups is 1. The summed E-state index contributed by atoms with van der Waals surface area (Å²) in [7, 11) is 0. The predicted molar refractivity (Wildman–Crippen MR) is 41.3 cm³/mol. The zero-order valence-electron chi connectivity index (χ0n) is 7.98. The molecule has 2 aliphatic carbocycles. The van der Waals surface area contributed by atoms with Crippen LogP contribution in [0.1, 0.15) is 19.8 Å². The lowest BCUT2D eigenvalue weighted by Gasteiger charge is -2.42. The summed E-state index contributed by atoms with van der Waals surface area (Å²) in [5.41, 5.74) is -3.81. The molecule has 0 aliphatic heterocycles. The van der Waals surface area contributed by atoms with Gasteiger partial charge in [0.05, 0.1) is 0 Å². The van der Waals surface area contributed by atoms with E-state index in [1.54, 1.807) is 0 Å². The van der Waals surface area contributed by atoms with E-state index >= 15 is 0 Å². The van der Waals surface area contributed by atoms with Gasteiger partial charge in [-0.2, -0.15) is 13.2 Å². The molecule has 0 aromatic heterocycles. The van der Waals surface area contributed by atoms with Crippen LogP contribution in [-0.4, -0.2) is 22.8 Å². The van der Waals surface area contributed by atoms with Gasteiger partial charge in [-0.15, -0.1) is 0 Å². The zero-order chi connectivity index (χ0) is 11.6. The molecule has 0 spiro atoms. The Morgan fingerprint density at radius 3 is 2.07 bits per heavy atom. The van der Waals surface area contributed by atoms with E-state index in [4.69, 9.17) is 0 Å². The van der Waals surface area contributed by atoms with Gasteiger partial charge in [0.2, 0.25) is 5.60 Å². The first-order chi connectivity index (χ1) is 6.62. The number of rotatable bonds is 0. The second kappa shape index (κ2) is 2.64. The highest BCUT2D eigenvalue weighted by molar-refractivity contribution is 5.17. The van der Waals surface area contributed by atoms with Crippen molar-refractivity contribution in [2.45, 2.75) is 37.5 Å². The standard InChI is InChI=1S/C9H11F5O/c1-4-2-5-3-6(4)8(10,11)7(5,15)9(12,13)14/h4-6,15H,2-3H2,1H3/t4-,5?,6?,7?/m1/s1. The van der Waals surface area contributed by atoms with Crippen LogP contribution in [0.2, 0.25) is 0 Å². The first-order valence-electron chi connectivity index (χ1n) is 4.79. The lowest BCUT2D eigenvalue weighted by atomic mass is 9.76. The van der Waals surface area contributed by atoms with E-state index in [2.05, 4.69) is 0 Å². The quantitative estimate of drug-likeness (QED) is 0.634. The van der Waals surface area contributed by atoms with Crippen LogP contribution in [0, 0.1) is 17.8 Å². The summed E-state index contributed by atoms with van der Waals surface area (Å²) < 4.78 is 64.4. The monoisotopic (exact) mass is 230 g/mol. The Morgan fingerprint density at radius 2 is 1.73 bits per heavy atom. The van der Waals surface area contributed by atoms with Gasteiger partial charge in [-0.05, 0) is 18.8 Å². The molecule has 0 saturated heterocycles. The number of halogens is 5. The molecule has 1 N–H and O–H groups in total. The van der Waals surface area contributed by atoms with Crippen molar-refractivity contribution in [1.82, 2.24) is 0 Å². The van der Waals surface area contributed by atoms with Gasteiger partial charge in [-0.25, -0.2) is 8.78 Å². The van der Waals surface area contributed by atoms with Crippen molar-refractivity contribution in [2.75, 3.05) is 0 Å². The van der Waals surface area contributed by atoms with Crippen molar-refractivity contribution in [3.05, 3.63) is 0 Å². The average molecular weight is 230 g/mol. The van der Waals surface area contributed by atoms with Gasteiger partial charge < -0.3 is 5.11 Å². The van der Waals surface area contributed by atoms with Gasteiger partial charge in [0, 0.05) is 11.8 Å². The predicted octanol–water partition coefficient (Wildman–Crippen LogP) is 2.59. The Kier molecular flexibility index (Phi) is 1.96. The molecular formula is C9H11F5O. The van der Waals surface area contributed by atoms with Crippen LogP contribution in [0.3, 0.4) is 0 Å². The molecule has 4 atom stereocenters. The fourth-order valence-corrected chi connectivity index (χ4v) is 3.07. The van der Waals surface area contributed by atoms with E-state index in [1.165, 1.54) is 6.92 Å². The molecule has 0 amide bonds. The number of hydrogen-bond acceptors (Lipinski definition) is 1. The normalized spacial score (nSPS) is 48.6. The molecule has 2 rings (SSSR count). The summed E-state index contributed by atoms with van der Waals surface area (Å²) in [6.07, 6.45) is -5.46. The van der Waals surface area contributed by atoms with Gasteiger partial charge in [0.15, 0.2) is 0 Å². The molecule has 88 valence electrons. The van der Waals surface area contributed by atoms with Gasteiger partial charge >= 0.3 is 6.18 Å². The minimum absolute atomic E-state index is 0.0241. The molecule has 0 aromatic rings. The van der Waals surface area contributed by atoms with E-state index in [0.29, 0.717) is 0 Å². The lowest BCUT2D eigenvalue weighted by Crippen LogP contribution is -2.63. The van der Waals surface area contributed by atoms with Crippen LogP contribution in [0.4, 0.5) is 22.0 Å². The minimum atomic E-state index is -5.25. The molecule has 2 aliphatic rings. The Labute approximate surface area is 83.3 Å². The van der Waals surface area contributed by atoms with Crippen molar-refractivity contribution < 1.29 is 27.1 Å². The molecule has 0 radical (unpaired) electrons. The number of fused-ring (bicyclic) bond motifs is 2. The maximum absolute atomic E-state index is 13.5. The highest BCUT2D eigenvalue weighted by Gasteiger charge is 2.81. The maximum Gasteiger partial charge on any atom is 0.423 e. The van der Waals surface area contributed by atoms with Crippen molar-refractivity contribution in [3.8, 4) is 0 Å². The van der Waals surface area contributed by atoms with E-state index < -0.39 is 35.5 Å². The minimum Gasteiger partial charge on any atom is -0.376 e. The topological polar surface area (TPSA) is 20.2 Å². The lowest BCUT2D eigenvalue weighted by molar-refractivity contribution is -0.350. The Morgan fingerprint density at radius 1 is 1.20 bits per heavy atom. The van der Waals surface area contributed by atoms with Crippen LogP contribution >= 0.6 is 0 Å². The summed E-state index contributed by atoms with van der Waals surface area (Å²) in [6, 6.07) is 0. The molecule has 2 bridgehead atoms. The molecule has 2 fully saturated rings. The second-order valence-corrected chi connectivity index (χ2v) is 4.64. The zero-order valence-corrected chi connectivity index (χ0v) is 7.98. The van der Waals surface area contributed by atoms with Crippen LogP contribution in [0.25, 0.3) is 0 Å². The fourth-order valence-electron chi connectivity index (χ4n) is 3.07.